The van der Waals surface area contributed by atoms with E-state index in [0.29, 0.717) is 43.6 Å². The summed E-state index contributed by atoms with van der Waals surface area (Å²) in [5.41, 5.74) is 7.67. The molecule has 3 rings (SSSR count). The lowest BCUT2D eigenvalue weighted by atomic mass is 9.92. The highest BCUT2D eigenvalue weighted by atomic mass is 16.5. The van der Waals surface area contributed by atoms with E-state index in [1.807, 2.05) is 36.1 Å². The molecule has 2 atom stereocenters. The van der Waals surface area contributed by atoms with Crippen LogP contribution in [0.25, 0.3) is 5.69 Å². The number of carbonyl (C=O) groups is 1. The number of aryl methyl sites for hydroxylation is 1. The largest absolute Gasteiger partial charge is 0.491 e. The second-order valence-electron chi connectivity index (χ2n) is 7.28. The minimum atomic E-state index is -0.0920. The van der Waals surface area contributed by atoms with Crippen molar-refractivity contribution in [2.24, 2.45) is 11.7 Å². The van der Waals surface area contributed by atoms with Crippen molar-refractivity contribution in [3.8, 4) is 11.4 Å². The van der Waals surface area contributed by atoms with Crippen LogP contribution in [0.15, 0.2) is 24.3 Å². The third-order valence-electron chi connectivity index (χ3n) is 5.12. The van der Waals surface area contributed by atoms with E-state index in [1.54, 1.807) is 7.11 Å². The van der Waals surface area contributed by atoms with Gasteiger partial charge in [-0.2, -0.15) is 9.90 Å². The number of likely N-dealkylation sites (tertiary alicyclic amines) is 1. The van der Waals surface area contributed by atoms with Crippen molar-refractivity contribution in [3.05, 3.63) is 35.7 Å². The van der Waals surface area contributed by atoms with Crippen molar-refractivity contribution in [1.29, 1.82) is 0 Å². The van der Waals surface area contributed by atoms with Crippen LogP contribution in [-0.4, -0.2) is 65.3 Å². The fourth-order valence-electron chi connectivity index (χ4n) is 3.49. The lowest BCUT2D eigenvalue weighted by molar-refractivity contribution is 0.0566. The minimum Gasteiger partial charge on any atom is -0.491 e. The highest BCUT2D eigenvalue weighted by Crippen LogP contribution is 2.24. The molecule has 2 N–H and O–H groups in total. The van der Waals surface area contributed by atoms with Crippen LogP contribution in [0.3, 0.4) is 0 Å². The molecule has 0 aliphatic carbocycles. The van der Waals surface area contributed by atoms with E-state index >= 15 is 0 Å². The number of rotatable bonds is 7. The zero-order chi connectivity index (χ0) is 20.1. The van der Waals surface area contributed by atoms with E-state index < -0.39 is 0 Å². The molecule has 2 unspecified atom stereocenters. The lowest BCUT2D eigenvalue weighted by Gasteiger charge is -2.37. The van der Waals surface area contributed by atoms with Crippen LogP contribution in [0.2, 0.25) is 0 Å². The molecule has 1 aliphatic rings. The average molecular weight is 387 g/mol. The molecule has 1 aromatic carbocycles. The summed E-state index contributed by atoms with van der Waals surface area (Å²) in [6, 6.07) is 7.48. The Morgan fingerprint density at radius 3 is 2.68 bits per heavy atom. The van der Waals surface area contributed by atoms with Gasteiger partial charge in [0.1, 0.15) is 12.4 Å². The maximum Gasteiger partial charge on any atom is 0.276 e. The van der Waals surface area contributed by atoms with Crippen molar-refractivity contribution in [3.63, 3.8) is 0 Å². The van der Waals surface area contributed by atoms with Crippen LogP contribution < -0.4 is 10.5 Å². The van der Waals surface area contributed by atoms with E-state index in [1.165, 1.54) is 4.80 Å². The van der Waals surface area contributed by atoms with Crippen LogP contribution >= 0.6 is 0 Å². The zero-order valence-electron chi connectivity index (χ0n) is 16.8. The Balaban J connectivity index is 1.74. The van der Waals surface area contributed by atoms with E-state index in [0.717, 1.165) is 24.3 Å². The normalized spacial score (nSPS) is 19.6. The summed E-state index contributed by atoms with van der Waals surface area (Å²) in [4.78, 5) is 16.4. The first-order chi connectivity index (χ1) is 13.5. The number of piperidine rings is 1. The summed E-state index contributed by atoms with van der Waals surface area (Å²) in [6.45, 7) is 6.21. The van der Waals surface area contributed by atoms with Gasteiger partial charge in [-0.25, -0.2) is 0 Å². The fraction of sp³-hybridized carbons (Fsp3) is 0.550. The molecule has 1 aromatic heterocycles. The van der Waals surface area contributed by atoms with Crippen molar-refractivity contribution in [2.45, 2.75) is 32.7 Å². The summed E-state index contributed by atoms with van der Waals surface area (Å²) in [5.74, 6) is 1.24. The van der Waals surface area contributed by atoms with Gasteiger partial charge in [0, 0.05) is 26.2 Å². The van der Waals surface area contributed by atoms with Crippen LogP contribution in [0.5, 0.6) is 5.75 Å². The number of benzene rings is 1. The van der Waals surface area contributed by atoms with Crippen LogP contribution in [-0.2, 0) is 4.74 Å². The maximum atomic E-state index is 13.1. The molecule has 1 saturated heterocycles. The summed E-state index contributed by atoms with van der Waals surface area (Å²) >= 11 is 0. The number of amides is 1. The van der Waals surface area contributed by atoms with Gasteiger partial charge in [0.2, 0.25) is 0 Å². The van der Waals surface area contributed by atoms with Crippen LogP contribution in [0, 0.1) is 12.8 Å². The average Bonchev–Trinajstić information content (AvgIpc) is 3.09. The molecule has 1 fully saturated rings. The Bertz CT molecular complexity index is 790. The third kappa shape index (κ3) is 4.51. The van der Waals surface area contributed by atoms with Crippen molar-refractivity contribution < 1.29 is 14.3 Å². The van der Waals surface area contributed by atoms with Gasteiger partial charge in [-0.05, 0) is 49.9 Å². The number of nitrogens with two attached hydrogens (primary N) is 1. The van der Waals surface area contributed by atoms with Crippen molar-refractivity contribution in [1.82, 2.24) is 19.9 Å². The molecule has 28 heavy (non-hydrogen) atoms. The van der Waals surface area contributed by atoms with Gasteiger partial charge >= 0.3 is 0 Å². The molecule has 8 nitrogen and oxygen atoms in total. The molecular weight excluding hydrogens is 358 g/mol. The Hall–Kier alpha value is -2.45. The molecule has 1 aliphatic heterocycles. The number of ether oxygens (including phenoxy) is 2. The smallest absolute Gasteiger partial charge is 0.276 e. The molecule has 0 spiro atoms. The second kappa shape index (κ2) is 9.16. The van der Waals surface area contributed by atoms with Gasteiger partial charge in [0.15, 0.2) is 5.69 Å². The molecule has 152 valence electrons. The molecule has 1 amide bonds. The lowest BCUT2D eigenvalue weighted by Crippen LogP contribution is -2.49. The standard InChI is InChI=1S/C20H29N5O3/c1-14-8-9-24(17(12-14)13-21)20(26)19-15(2)22-25(23-19)16-4-6-18(7-5-16)28-11-10-27-3/h4-7,14,17H,8-13,21H2,1-3H3. The first-order valence-electron chi connectivity index (χ1n) is 9.70. The molecule has 0 bridgehead atoms. The summed E-state index contributed by atoms with van der Waals surface area (Å²) in [5, 5.41) is 8.89. The molecule has 2 heterocycles. The molecule has 2 aromatic rings. The SMILES string of the molecule is COCCOc1ccc(-n2nc(C)c(C(=O)N3CCC(C)CC3CN)n2)cc1. The summed E-state index contributed by atoms with van der Waals surface area (Å²) in [7, 11) is 1.64. The highest BCUT2D eigenvalue weighted by molar-refractivity contribution is 5.93. The Kier molecular flexibility index (Phi) is 6.64. The molecule has 0 radical (unpaired) electrons. The number of methoxy groups -OCH3 is 1. The van der Waals surface area contributed by atoms with Gasteiger partial charge < -0.3 is 20.1 Å². The van der Waals surface area contributed by atoms with Crippen LogP contribution in [0.4, 0.5) is 0 Å². The molecule has 0 saturated carbocycles. The molecular formula is C20H29N5O3. The van der Waals surface area contributed by atoms with E-state index in [-0.39, 0.29) is 11.9 Å². The fourth-order valence-corrected chi connectivity index (χ4v) is 3.49. The van der Waals surface area contributed by atoms with Gasteiger partial charge in [0.25, 0.3) is 5.91 Å². The topological polar surface area (TPSA) is 95.5 Å². The quantitative estimate of drug-likeness (QED) is 0.728. The number of carbonyl (C=O) groups excluding carboxylic acids is 1. The third-order valence-corrected chi connectivity index (χ3v) is 5.12. The number of aromatic nitrogens is 3. The Morgan fingerprint density at radius 1 is 1.25 bits per heavy atom. The monoisotopic (exact) mass is 387 g/mol. The van der Waals surface area contributed by atoms with Crippen molar-refractivity contribution >= 4 is 5.91 Å². The Morgan fingerprint density at radius 2 is 2.00 bits per heavy atom. The van der Waals surface area contributed by atoms with Gasteiger partial charge in [-0.15, -0.1) is 5.10 Å². The van der Waals surface area contributed by atoms with Crippen LogP contribution in [0.1, 0.15) is 35.9 Å². The highest BCUT2D eigenvalue weighted by Gasteiger charge is 2.32. The zero-order valence-corrected chi connectivity index (χ0v) is 16.8. The second-order valence-corrected chi connectivity index (χ2v) is 7.28. The summed E-state index contributed by atoms with van der Waals surface area (Å²) in [6.07, 6.45) is 1.92. The maximum absolute atomic E-state index is 13.1. The van der Waals surface area contributed by atoms with Gasteiger partial charge in [-0.3, -0.25) is 4.79 Å². The first-order valence-corrected chi connectivity index (χ1v) is 9.70. The Labute approximate surface area is 165 Å². The first kappa shape index (κ1) is 20.3. The van der Waals surface area contributed by atoms with E-state index in [2.05, 4.69) is 17.1 Å². The van der Waals surface area contributed by atoms with Gasteiger partial charge in [0.05, 0.1) is 18.0 Å². The molecule has 8 heteroatoms. The van der Waals surface area contributed by atoms with Crippen molar-refractivity contribution in [2.75, 3.05) is 33.4 Å². The predicted octanol–water partition coefficient (Wildman–Crippen LogP) is 1.80. The van der Waals surface area contributed by atoms with E-state index in [4.69, 9.17) is 15.2 Å². The number of nitrogens with zero attached hydrogens (tertiary/aromatic N) is 4. The number of hydrogen-bond acceptors (Lipinski definition) is 6. The minimum absolute atomic E-state index is 0.0596. The number of hydrogen-bond donors (Lipinski definition) is 1. The van der Waals surface area contributed by atoms with E-state index in [9.17, 15) is 4.79 Å². The van der Waals surface area contributed by atoms with Gasteiger partial charge in [-0.1, -0.05) is 6.92 Å². The predicted molar refractivity (Wildman–Crippen MR) is 106 cm³/mol. The summed E-state index contributed by atoms with van der Waals surface area (Å²) < 4.78 is 10.5.